The topological polar surface area (TPSA) is 52.2 Å². The number of ether oxygens (including phenoxy) is 4. The van der Waals surface area contributed by atoms with Gasteiger partial charge in [0, 0.05) is 24.7 Å². The first-order valence-corrected chi connectivity index (χ1v) is 19.5. The molecular weight excluding hydrogens is 620 g/mol. The molecule has 3 rings (SSSR count). The van der Waals surface area contributed by atoms with Crippen LogP contribution in [0.1, 0.15) is 143 Å². The van der Waals surface area contributed by atoms with Gasteiger partial charge in [-0.05, 0) is 74.6 Å². The number of allylic oxidation sites excluding steroid dienone is 2. The van der Waals surface area contributed by atoms with Gasteiger partial charge < -0.3 is 29.2 Å². The van der Waals surface area contributed by atoms with Crippen molar-refractivity contribution in [2.75, 3.05) is 39.3 Å². The second kappa shape index (κ2) is 22.1. The Labute approximate surface area is 306 Å². The highest BCUT2D eigenvalue weighted by Gasteiger charge is 2.29. The van der Waals surface area contributed by atoms with Crippen LogP contribution in [0.4, 0.5) is 5.69 Å². The summed E-state index contributed by atoms with van der Waals surface area (Å²) in [7, 11) is 3.37. The Hall–Kier alpha value is -2.96. The number of benzene rings is 2. The van der Waals surface area contributed by atoms with Gasteiger partial charge in [-0.3, -0.25) is 0 Å². The fourth-order valence-corrected chi connectivity index (χ4v) is 6.31. The third-order valence-corrected chi connectivity index (χ3v) is 9.63. The van der Waals surface area contributed by atoms with Crippen LogP contribution in [0.5, 0.6) is 11.5 Å². The first kappa shape index (κ1) is 41.5. The van der Waals surface area contributed by atoms with Crippen molar-refractivity contribution in [3.05, 3.63) is 77.1 Å². The van der Waals surface area contributed by atoms with Crippen molar-refractivity contribution in [3.8, 4) is 11.5 Å². The van der Waals surface area contributed by atoms with E-state index in [1.54, 1.807) is 14.2 Å². The Morgan fingerprint density at radius 1 is 0.780 bits per heavy atom. The summed E-state index contributed by atoms with van der Waals surface area (Å²) in [6.45, 7) is 15.7. The summed E-state index contributed by atoms with van der Waals surface area (Å²) in [5.74, 6) is 1.90. The number of methoxy groups -OCH3 is 2. The molecule has 1 heterocycles. The fourth-order valence-electron chi connectivity index (χ4n) is 6.31. The smallest absolute Gasteiger partial charge is 0.163 e. The SMILES string of the molecule is CCCCCCCC/C=C\CCCCCCCCN(Cc1ccc(C(C)(C)C)cc1)C(Nc1ccc(OC)cc1OC)=C1COC(C)(C)OC1. The zero-order chi connectivity index (χ0) is 36.2. The zero-order valence-corrected chi connectivity index (χ0v) is 33.0. The quantitative estimate of drug-likeness (QED) is 0.0925. The van der Waals surface area contributed by atoms with Gasteiger partial charge in [-0.1, -0.05) is 122 Å². The molecule has 1 aliphatic heterocycles. The second-order valence-corrected chi connectivity index (χ2v) is 15.4. The number of nitrogens with one attached hydrogen (secondary N) is 1. The number of unbranched alkanes of at least 4 members (excludes halogenated alkanes) is 12. The lowest BCUT2D eigenvalue weighted by atomic mass is 9.87. The Balaban J connectivity index is 1.65. The van der Waals surface area contributed by atoms with E-state index in [0.29, 0.717) is 13.2 Å². The molecule has 0 radical (unpaired) electrons. The summed E-state index contributed by atoms with van der Waals surface area (Å²) >= 11 is 0. The van der Waals surface area contributed by atoms with Crippen LogP contribution < -0.4 is 14.8 Å². The molecule has 1 N–H and O–H groups in total. The second-order valence-electron chi connectivity index (χ2n) is 15.4. The van der Waals surface area contributed by atoms with Crippen LogP contribution in [0.15, 0.2) is 66.0 Å². The molecule has 1 aliphatic rings. The van der Waals surface area contributed by atoms with E-state index in [0.717, 1.165) is 48.1 Å². The van der Waals surface area contributed by atoms with Crippen molar-refractivity contribution in [2.45, 2.75) is 149 Å². The van der Waals surface area contributed by atoms with Crippen molar-refractivity contribution < 1.29 is 18.9 Å². The van der Waals surface area contributed by atoms with Crippen LogP contribution in [0, 0.1) is 0 Å². The first-order valence-electron chi connectivity index (χ1n) is 19.5. The van der Waals surface area contributed by atoms with Gasteiger partial charge in [-0.15, -0.1) is 0 Å². The van der Waals surface area contributed by atoms with Gasteiger partial charge in [0.2, 0.25) is 0 Å². The molecule has 0 aromatic heterocycles. The van der Waals surface area contributed by atoms with Crippen LogP contribution in [0.3, 0.4) is 0 Å². The lowest BCUT2D eigenvalue weighted by Gasteiger charge is -2.36. The average molecular weight is 691 g/mol. The minimum Gasteiger partial charge on any atom is -0.497 e. The number of hydrogen-bond donors (Lipinski definition) is 1. The molecule has 0 unspecified atom stereocenters. The monoisotopic (exact) mass is 691 g/mol. The van der Waals surface area contributed by atoms with Crippen molar-refractivity contribution >= 4 is 5.69 Å². The number of hydrogen-bond acceptors (Lipinski definition) is 6. The minimum absolute atomic E-state index is 0.116. The zero-order valence-electron chi connectivity index (χ0n) is 33.0. The van der Waals surface area contributed by atoms with Crippen LogP contribution in [0.25, 0.3) is 0 Å². The first-order chi connectivity index (χ1) is 24.1. The number of rotatable bonds is 23. The summed E-state index contributed by atoms with van der Waals surface area (Å²) in [6, 6.07) is 15.0. The lowest BCUT2D eigenvalue weighted by molar-refractivity contribution is -0.226. The van der Waals surface area contributed by atoms with E-state index < -0.39 is 5.79 Å². The predicted octanol–water partition coefficient (Wildman–Crippen LogP) is 11.9. The lowest BCUT2D eigenvalue weighted by Crippen LogP contribution is -2.39. The van der Waals surface area contributed by atoms with Gasteiger partial charge in [-0.25, -0.2) is 0 Å². The summed E-state index contributed by atoms with van der Waals surface area (Å²) < 4.78 is 23.6. The molecule has 0 saturated carbocycles. The van der Waals surface area contributed by atoms with Crippen molar-refractivity contribution in [2.24, 2.45) is 0 Å². The van der Waals surface area contributed by atoms with E-state index in [-0.39, 0.29) is 5.41 Å². The molecule has 0 spiro atoms. The average Bonchev–Trinajstić information content (AvgIpc) is 3.10. The van der Waals surface area contributed by atoms with Crippen LogP contribution >= 0.6 is 0 Å². The Morgan fingerprint density at radius 2 is 1.36 bits per heavy atom. The van der Waals surface area contributed by atoms with Crippen LogP contribution in [-0.4, -0.2) is 44.7 Å². The molecule has 1 fully saturated rings. The van der Waals surface area contributed by atoms with Crippen molar-refractivity contribution in [1.82, 2.24) is 4.90 Å². The van der Waals surface area contributed by atoms with Gasteiger partial charge >= 0.3 is 0 Å². The normalized spacial score (nSPS) is 14.6. The minimum atomic E-state index is -0.607. The van der Waals surface area contributed by atoms with Crippen LogP contribution in [0.2, 0.25) is 0 Å². The maximum Gasteiger partial charge on any atom is 0.163 e. The molecule has 1 saturated heterocycles. The molecule has 6 nitrogen and oxygen atoms in total. The Kier molecular flexibility index (Phi) is 18.3. The van der Waals surface area contributed by atoms with E-state index >= 15 is 0 Å². The largest absolute Gasteiger partial charge is 0.497 e. The molecule has 280 valence electrons. The van der Waals surface area contributed by atoms with Crippen molar-refractivity contribution in [1.29, 1.82) is 0 Å². The van der Waals surface area contributed by atoms with E-state index in [1.165, 1.54) is 94.6 Å². The molecular formula is C44H70N2O4. The van der Waals surface area contributed by atoms with Crippen molar-refractivity contribution in [3.63, 3.8) is 0 Å². The van der Waals surface area contributed by atoms with Gasteiger partial charge in [0.1, 0.15) is 17.3 Å². The standard InChI is InChI=1S/C44H70N2O4/c1-9-10-11-12-13-14-15-16-17-18-19-20-21-22-23-24-31-46(33-36-25-27-38(28-26-36)43(2,3)4)42(37-34-49-44(5,6)50-35-37)45-40-30-29-39(47-7)32-41(40)48-8/h16-17,25-30,32,45H,9-15,18-24,31,33-35H2,1-8H3/b17-16-. The molecule has 6 heteroatoms. The summed E-state index contributed by atoms with van der Waals surface area (Å²) in [4.78, 5) is 2.48. The van der Waals surface area contributed by atoms with E-state index in [4.69, 9.17) is 18.9 Å². The Morgan fingerprint density at radius 3 is 1.92 bits per heavy atom. The summed E-state index contributed by atoms with van der Waals surface area (Å²) in [5.41, 5.74) is 4.72. The molecule has 2 aromatic carbocycles. The molecule has 0 atom stereocenters. The van der Waals surface area contributed by atoms with E-state index in [1.807, 2.05) is 32.0 Å². The third kappa shape index (κ3) is 15.1. The molecule has 50 heavy (non-hydrogen) atoms. The van der Waals surface area contributed by atoms with E-state index in [9.17, 15) is 0 Å². The maximum absolute atomic E-state index is 6.18. The highest BCUT2D eigenvalue weighted by atomic mass is 16.7. The molecule has 2 aromatic rings. The number of nitrogens with zero attached hydrogens (tertiary/aromatic N) is 1. The highest BCUT2D eigenvalue weighted by Crippen LogP contribution is 2.33. The maximum atomic E-state index is 6.18. The fraction of sp³-hybridized carbons (Fsp3) is 0.636. The molecule has 0 amide bonds. The third-order valence-electron chi connectivity index (χ3n) is 9.63. The van der Waals surface area contributed by atoms with E-state index in [2.05, 4.69) is 74.3 Å². The summed E-state index contributed by atoms with van der Waals surface area (Å²) in [6.07, 6.45) is 23.0. The summed E-state index contributed by atoms with van der Waals surface area (Å²) in [5, 5.41) is 3.77. The molecule has 0 bridgehead atoms. The van der Waals surface area contributed by atoms with Gasteiger partial charge in [0.25, 0.3) is 0 Å². The molecule has 0 aliphatic carbocycles. The van der Waals surface area contributed by atoms with Crippen LogP contribution in [-0.2, 0) is 21.4 Å². The Bertz CT molecular complexity index is 1280. The van der Waals surface area contributed by atoms with Gasteiger partial charge in [-0.2, -0.15) is 0 Å². The van der Waals surface area contributed by atoms with Gasteiger partial charge in [0.15, 0.2) is 5.79 Å². The number of anilines is 1. The highest BCUT2D eigenvalue weighted by molar-refractivity contribution is 5.62. The van der Waals surface area contributed by atoms with Gasteiger partial charge in [0.05, 0.1) is 33.1 Å². The predicted molar refractivity (Wildman–Crippen MR) is 211 cm³/mol.